The third-order valence-corrected chi connectivity index (χ3v) is 2.49. The molecule has 18 heavy (non-hydrogen) atoms. The van der Waals surface area contributed by atoms with Crippen LogP contribution in [0.3, 0.4) is 0 Å². The van der Waals surface area contributed by atoms with Gasteiger partial charge >= 0.3 is 6.18 Å². The molecule has 0 amide bonds. The summed E-state index contributed by atoms with van der Waals surface area (Å²) < 4.78 is 37.2. The molecule has 0 saturated heterocycles. The molecule has 0 unspecified atom stereocenters. The summed E-state index contributed by atoms with van der Waals surface area (Å²) in [5, 5.41) is 0. The van der Waals surface area contributed by atoms with Gasteiger partial charge < -0.3 is 0 Å². The van der Waals surface area contributed by atoms with Crippen LogP contribution in [0.1, 0.15) is 31.4 Å². The largest absolute Gasteiger partial charge is 0.416 e. The van der Waals surface area contributed by atoms with Crippen LogP contribution < -0.4 is 0 Å². The highest BCUT2D eigenvalue weighted by Gasteiger charge is 2.30. The predicted octanol–water partition coefficient (Wildman–Crippen LogP) is 3.95. The molecule has 0 bridgehead atoms. The van der Waals surface area contributed by atoms with Crippen LogP contribution in [-0.2, 0) is 6.18 Å². The van der Waals surface area contributed by atoms with E-state index in [1.165, 1.54) is 12.1 Å². The van der Waals surface area contributed by atoms with E-state index in [0.717, 1.165) is 24.3 Å². The number of hydrogen-bond acceptors (Lipinski definition) is 1. The highest BCUT2D eigenvalue weighted by atomic mass is 19.4. The lowest BCUT2D eigenvalue weighted by Crippen LogP contribution is -2.06. The molecule has 0 aliphatic rings. The Hall–Kier alpha value is -1.65. The molecule has 5 heteroatoms. The SMILES string of the molecule is CCC(C)=NC(=NC)c1ccc(C(F)(F)F)cc1. The molecule has 0 N–H and O–H groups in total. The van der Waals surface area contributed by atoms with E-state index in [4.69, 9.17) is 0 Å². The van der Waals surface area contributed by atoms with Gasteiger partial charge in [-0.1, -0.05) is 19.1 Å². The van der Waals surface area contributed by atoms with Crippen molar-refractivity contribution in [2.24, 2.45) is 9.98 Å². The number of rotatable bonds is 2. The van der Waals surface area contributed by atoms with Crippen molar-refractivity contribution in [1.29, 1.82) is 0 Å². The third kappa shape index (κ3) is 3.68. The van der Waals surface area contributed by atoms with Crippen molar-refractivity contribution < 1.29 is 13.2 Å². The van der Waals surface area contributed by atoms with Gasteiger partial charge in [-0.15, -0.1) is 0 Å². The molecule has 0 heterocycles. The lowest BCUT2D eigenvalue weighted by atomic mass is 10.1. The van der Waals surface area contributed by atoms with Crippen molar-refractivity contribution in [3.05, 3.63) is 35.4 Å². The van der Waals surface area contributed by atoms with E-state index in [1.54, 1.807) is 7.05 Å². The molecular formula is C13H15F3N2. The van der Waals surface area contributed by atoms with Crippen LogP contribution >= 0.6 is 0 Å². The van der Waals surface area contributed by atoms with Crippen molar-refractivity contribution in [2.45, 2.75) is 26.4 Å². The first-order valence-electron chi connectivity index (χ1n) is 5.57. The molecular weight excluding hydrogens is 241 g/mol. The Bertz CT molecular complexity index is 456. The summed E-state index contributed by atoms with van der Waals surface area (Å²) >= 11 is 0. The molecule has 2 nitrogen and oxygen atoms in total. The fourth-order valence-electron chi connectivity index (χ4n) is 1.31. The third-order valence-electron chi connectivity index (χ3n) is 2.49. The lowest BCUT2D eigenvalue weighted by Gasteiger charge is -2.07. The van der Waals surface area contributed by atoms with Gasteiger partial charge in [0.15, 0.2) is 5.84 Å². The van der Waals surface area contributed by atoms with Crippen LogP contribution in [0.4, 0.5) is 13.2 Å². The Kier molecular flexibility index (Phi) is 4.64. The van der Waals surface area contributed by atoms with Gasteiger partial charge in [-0.3, -0.25) is 4.99 Å². The Morgan fingerprint density at radius 1 is 1.17 bits per heavy atom. The van der Waals surface area contributed by atoms with Crippen molar-refractivity contribution in [3.63, 3.8) is 0 Å². The second-order valence-electron chi connectivity index (χ2n) is 3.82. The van der Waals surface area contributed by atoms with Crippen molar-refractivity contribution in [2.75, 3.05) is 7.05 Å². The molecule has 1 rings (SSSR count). The van der Waals surface area contributed by atoms with Gasteiger partial charge in [0.25, 0.3) is 0 Å². The summed E-state index contributed by atoms with van der Waals surface area (Å²) in [5.74, 6) is 0.447. The number of alkyl halides is 3. The van der Waals surface area contributed by atoms with Crippen LogP contribution in [0.2, 0.25) is 0 Å². The Labute approximate surface area is 104 Å². The molecule has 0 spiro atoms. The van der Waals surface area contributed by atoms with E-state index in [0.29, 0.717) is 11.4 Å². The normalized spacial score (nSPS) is 13.9. The standard InChI is InChI=1S/C13H15F3N2/c1-4-9(2)18-12(17-3)10-5-7-11(8-6-10)13(14,15)16/h5-8H,4H2,1-3H3. The zero-order chi connectivity index (χ0) is 13.8. The Morgan fingerprint density at radius 2 is 1.72 bits per heavy atom. The van der Waals surface area contributed by atoms with E-state index in [9.17, 15) is 13.2 Å². The summed E-state index contributed by atoms with van der Waals surface area (Å²) in [6.07, 6.45) is -3.54. The molecule has 0 aliphatic carbocycles. The average Bonchev–Trinajstić information content (AvgIpc) is 2.34. The summed E-state index contributed by atoms with van der Waals surface area (Å²) in [4.78, 5) is 8.25. The van der Waals surface area contributed by atoms with Gasteiger partial charge in [-0.25, -0.2) is 4.99 Å². The summed E-state index contributed by atoms with van der Waals surface area (Å²) in [7, 11) is 1.57. The van der Waals surface area contributed by atoms with Crippen molar-refractivity contribution in [1.82, 2.24) is 0 Å². The molecule has 0 atom stereocenters. The number of halogens is 3. The van der Waals surface area contributed by atoms with E-state index in [2.05, 4.69) is 9.98 Å². The molecule has 0 aromatic heterocycles. The number of aliphatic imine (C=N–C) groups is 2. The number of nitrogens with zero attached hydrogens (tertiary/aromatic N) is 2. The van der Waals surface area contributed by atoms with Gasteiger partial charge in [0.1, 0.15) is 0 Å². The topological polar surface area (TPSA) is 24.7 Å². The van der Waals surface area contributed by atoms with Gasteiger partial charge in [-0.05, 0) is 25.5 Å². The van der Waals surface area contributed by atoms with Crippen LogP contribution in [0.5, 0.6) is 0 Å². The zero-order valence-corrected chi connectivity index (χ0v) is 10.5. The Balaban J connectivity index is 3.04. The summed E-state index contributed by atoms with van der Waals surface area (Å²) in [6, 6.07) is 4.85. The van der Waals surface area contributed by atoms with Crippen LogP contribution in [0.15, 0.2) is 34.3 Å². The molecule has 1 aromatic rings. The summed E-state index contributed by atoms with van der Waals surface area (Å²) in [6.45, 7) is 3.81. The fourth-order valence-corrected chi connectivity index (χ4v) is 1.31. The second kappa shape index (κ2) is 5.80. The minimum atomic E-state index is -4.31. The van der Waals surface area contributed by atoms with E-state index >= 15 is 0 Å². The van der Waals surface area contributed by atoms with Crippen molar-refractivity contribution in [3.8, 4) is 0 Å². The summed E-state index contributed by atoms with van der Waals surface area (Å²) in [5.41, 5.74) is 0.798. The van der Waals surface area contributed by atoms with Gasteiger partial charge in [0.2, 0.25) is 0 Å². The maximum absolute atomic E-state index is 12.4. The molecule has 0 saturated carbocycles. The molecule has 0 radical (unpaired) electrons. The van der Waals surface area contributed by atoms with Crippen LogP contribution in [-0.4, -0.2) is 18.6 Å². The molecule has 0 fully saturated rings. The van der Waals surface area contributed by atoms with Gasteiger partial charge in [0, 0.05) is 18.3 Å². The highest BCUT2D eigenvalue weighted by Crippen LogP contribution is 2.29. The number of hydrogen-bond donors (Lipinski definition) is 0. The quantitative estimate of drug-likeness (QED) is 0.565. The molecule has 0 aliphatic heterocycles. The van der Waals surface area contributed by atoms with Gasteiger partial charge in [-0.2, -0.15) is 13.2 Å². The lowest BCUT2D eigenvalue weighted by molar-refractivity contribution is -0.137. The monoisotopic (exact) mass is 256 g/mol. The highest BCUT2D eigenvalue weighted by molar-refractivity contribution is 6.06. The van der Waals surface area contributed by atoms with E-state index < -0.39 is 11.7 Å². The van der Waals surface area contributed by atoms with E-state index in [1.807, 2.05) is 13.8 Å². The van der Waals surface area contributed by atoms with E-state index in [-0.39, 0.29) is 0 Å². The van der Waals surface area contributed by atoms with Crippen LogP contribution in [0.25, 0.3) is 0 Å². The first-order valence-corrected chi connectivity index (χ1v) is 5.57. The van der Waals surface area contributed by atoms with Crippen LogP contribution in [0, 0.1) is 0 Å². The number of benzene rings is 1. The maximum atomic E-state index is 12.4. The smallest absolute Gasteiger partial charge is 0.270 e. The second-order valence-corrected chi connectivity index (χ2v) is 3.82. The average molecular weight is 256 g/mol. The predicted molar refractivity (Wildman–Crippen MR) is 67.3 cm³/mol. The minimum absolute atomic E-state index is 0.447. The van der Waals surface area contributed by atoms with Crippen molar-refractivity contribution >= 4 is 11.5 Å². The molecule has 98 valence electrons. The number of amidine groups is 1. The maximum Gasteiger partial charge on any atom is 0.416 e. The first kappa shape index (κ1) is 14.4. The zero-order valence-electron chi connectivity index (χ0n) is 10.5. The first-order chi connectivity index (χ1) is 8.38. The minimum Gasteiger partial charge on any atom is -0.270 e. The Morgan fingerprint density at radius 3 is 2.11 bits per heavy atom. The van der Waals surface area contributed by atoms with Gasteiger partial charge in [0.05, 0.1) is 5.56 Å². The fraction of sp³-hybridized carbons (Fsp3) is 0.385. The molecule has 1 aromatic carbocycles.